The van der Waals surface area contributed by atoms with E-state index in [9.17, 15) is 66.3 Å². The van der Waals surface area contributed by atoms with E-state index in [1.807, 2.05) is 0 Å². The minimum Gasteiger partial charge on any atom is -0.242 e. The van der Waals surface area contributed by atoms with Crippen molar-refractivity contribution in [2.45, 2.75) is 55.3 Å². The molecule has 1 unspecified atom stereocenters. The summed E-state index contributed by atoms with van der Waals surface area (Å²) in [5, 5.41) is 0. The van der Waals surface area contributed by atoms with Crippen LogP contribution in [0.25, 0.3) is 0 Å². The fourth-order valence-electron chi connectivity index (χ4n) is 1.37. The Labute approximate surface area is 134 Å². The molecule has 0 bridgehead atoms. The van der Waals surface area contributed by atoms with Gasteiger partial charge in [-0.3, -0.25) is 0 Å². The van der Waals surface area contributed by atoms with Gasteiger partial charge in [0.25, 0.3) is 0 Å². The number of hydrogen-bond donors (Lipinski definition) is 0. The number of hydrogen-bond acceptors (Lipinski definition) is 1. The van der Waals surface area contributed by atoms with Crippen LogP contribution in [0.4, 0.5) is 61.5 Å². The monoisotopic (exact) mass is 420 g/mol. The largest absolute Gasteiger partial charge is 0.460 e. The molecule has 0 aliphatic carbocycles. The normalized spacial score (nSPS) is 16.3. The molecule has 0 radical (unpaired) electrons. The van der Waals surface area contributed by atoms with Gasteiger partial charge in [-0.05, 0) is 6.92 Å². The summed E-state index contributed by atoms with van der Waals surface area (Å²) in [5.41, 5.74) is -1.41. The molecule has 0 saturated heterocycles. The Bertz CT molecular complexity index is 568. The molecule has 0 aliphatic heterocycles. The summed E-state index contributed by atoms with van der Waals surface area (Å²) < 4.78 is 178. The summed E-state index contributed by atoms with van der Waals surface area (Å²) in [4.78, 5) is 9.95. The van der Waals surface area contributed by atoms with Crippen LogP contribution in [0, 0.1) is 0 Å². The third-order valence-corrected chi connectivity index (χ3v) is 3.06. The first-order valence-electron chi connectivity index (χ1n) is 5.93. The van der Waals surface area contributed by atoms with Gasteiger partial charge < -0.3 is 0 Å². The second-order valence-electron chi connectivity index (χ2n) is 4.96. The van der Waals surface area contributed by atoms with Crippen LogP contribution < -0.4 is 0 Å². The van der Waals surface area contributed by atoms with Gasteiger partial charge in [0.05, 0.1) is 6.42 Å². The predicted octanol–water partition coefficient (Wildman–Crippen LogP) is 5.23. The van der Waals surface area contributed by atoms with Gasteiger partial charge in [0.2, 0.25) is 0 Å². The first kappa shape index (κ1) is 24.5. The maximum Gasteiger partial charge on any atom is 0.460 e. The molecular formula is C11H6F14O. The molecule has 1 nitrogen and oxygen atoms in total. The van der Waals surface area contributed by atoms with Gasteiger partial charge in [0.15, 0.2) is 0 Å². The Morgan fingerprint density at radius 3 is 1.38 bits per heavy atom. The van der Waals surface area contributed by atoms with Gasteiger partial charge in [-0.1, -0.05) is 0 Å². The van der Waals surface area contributed by atoms with Crippen LogP contribution in [0.15, 0.2) is 5.57 Å². The molecule has 0 heterocycles. The van der Waals surface area contributed by atoms with Gasteiger partial charge >= 0.3 is 35.8 Å². The number of rotatable bonds is 7. The Morgan fingerprint density at radius 2 is 1.08 bits per heavy atom. The van der Waals surface area contributed by atoms with E-state index in [4.69, 9.17) is 0 Å². The molecule has 26 heavy (non-hydrogen) atoms. The van der Waals surface area contributed by atoms with Crippen LogP contribution in [0.3, 0.4) is 0 Å². The molecule has 15 heteroatoms. The highest BCUT2D eigenvalue weighted by Crippen LogP contribution is 2.60. The lowest BCUT2D eigenvalue weighted by molar-refractivity contribution is -0.440. The number of halogens is 14. The van der Waals surface area contributed by atoms with Crippen LogP contribution in [0.5, 0.6) is 0 Å². The fourth-order valence-corrected chi connectivity index (χ4v) is 1.37. The Hall–Kier alpha value is -1.53. The highest BCUT2D eigenvalue weighted by Gasteiger charge is 2.90. The van der Waals surface area contributed by atoms with Crippen molar-refractivity contribution in [3.05, 3.63) is 5.57 Å². The van der Waals surface area contributed by atoms with Crippen LogP contribution in [-0.4, -0.2) is 47.9 Å². The van der Waals surface area contributed by atoms with Crippen LogP contribution >= 0.6 is 0 Å². The van der Waals surface area contributed by atoms with Gasteiger partial charge in [-0.15, -0.1) is 0 Å². The second-order valence-corrected chi connectivity index (χ2v) is 4.96. The fraction of sp³-hybridized carbons (Fsp3) is 0.818. The lowest BCUT2D eigenvalue weighted by atomic mass is 9.91. The smallest absolute Gasteiger partial charge is 0.242 e. The molecule has 0 amide bonds. The van der Waals surface area contributed by atoms with Crippen molar-refractivity contribution in [2.75, 3.05) is 0 Å². The first-order valence-corrected chi connectivity index (χ1v) is 5.93. The molecular weight excluding hydrogens is 414 g/mol. The standard InChI is InChI=1S/C11H6F14O/c1-4(3-26)5(12)2-6(13,14)7(15,16)8(17,18)9(19,20)10(21,22)11(23,24)25/h5H,2H2,1H3. The average molecular weight is 420 g/mol. The van der Waals surface area contributed by atoms with E-state index in [-0.39, 0.29) is 0 Å². The summed E-state index contributed by atoms with van der Waals surface area (Å²) in [7, 11) is 0. The predicted molar refractivity (Wildman–Crippen MR) is 55.2 cm³/mol. The molecule has 0 aromatic carbocycles. The third kappa shape index (κ3) is 3.49. The van der Waals surface area contributed by atoms with E-state index in [0.29, 0.717) is 12.9 Å². The third-order valence-electron chi connectivity index (χ3n) is 3.06. The summed E-state index contributed by atoms with van der Waals surface area (Å²) in [6.07, 6.45) is -14.1. The van der Waals surface area contributed by atoms with Crippen LogP contribution in [0.2, 0.25) is 0 Å². The molecule has 154 valence electrons. The van der Waals surface area contributed by atoms with Gasteiger partial charge in [-0.2, -0.15) is 57.1 Å². The molecule has 0 aromatic rings. The maximum absolute atomic E-state index is 13.2. The van der Waals surface area contributed by atoms with E-state index in [0.717, 1.165) is 0 Å². The highest BCUT2D eigenvalue weighted by atomic mass is 19.4. The van der Waals surface area contributed by atoms with E-state index >= 15 is 0 Å². The molecule has 0 fully saturated rings. The summed E-state index contributed by atoms with van der Waals surface area (Å²) >= 11 is 0. The zero-order chi connectivity index (χ0) is 21.6. The Balaban J connectivity index is 6.20. The van der Waals surface area contributed by atoms with Crippen molar-refractivity contribution in [3.8, 4) is 0 Å². The van der Waals surface area contributed by atoms with Crippen molar-refractivity contribution in [1.29, 1.82) is 0 Å². The second kappa shape index (κ2) is 6.57. The lowest BCUT2D eigenvalue weighted by Gasteiger charge is -2.40. The van der Waals surface area contributed by atoms with Crippen molar-refractivity contribution in [1.82, 2.24) is 0 Å². The van der Waals surface area contributed by atoms with E-state index < -0.39 is 54.0 Å². The van der Waals surface area contributed by atoms with Crippen molar-refractivity contribution < 1.29 is 66.3 Å². The molecule has 1 atom stereocenters. The number of carbonyl (C=O) groups excluding carboxylic acids is 1. The average Bonchev–Trinajstić information content (AvgIpc) is 2.43. The SMILES string of the molecule is CC(=C=O)C(F)CC(F)(F)C(F)(F)C(F)(F)C(F)(F)C(F)(F)C(F)(F)F. The quantitative estimate of drug-likeness (QED) is 0.407. The van der Waals surface area contributed by atoms with E-state index in [1.54, 1.807) is 0 Å². The molecule has 0 saturated carbocycles. The first-order chi connectivity index (χ1) is 11.1. The van der Waals surface area contributed by atoms with E-state index in [1.165, 1.54) is 0 Å². The lowest BCUT2D eigenvalue weighted by Crippen LogP contribution is -2.70. The van der Waals surface area contributed by atoms with Gasteiger partial charge in [0, 0.05) is 5.57 Å². The summed E-state index contributed by atoms with van der Waals surface area (Å²) in [5.74, 6) is -37.4. The zero-order valence-electron chi connectivity index (χ0n) is 12.0. The van der Waals surface area contributed by atoms with Crippen molar-refractivity contribution in [2.24, 2.45) is 0 Å². The molecule has 0 rings (SSSR count). The number of allylic oxidation sites excluding steroid dienone is 1. The minimum atomic E-state index is -8.04. The molecule has 0 N–H and O–H groups in total. The maximum atomic E-state index is 13.2. The zero-order valence-corrected chi connectivity index (χ0v) is 12.0. The van der Waals surface area contributed by atoms with Gasteiger partial charge in [0.1, 0.15) is 12.1 Å². The summed E-state index contributed by atoms with van der Waals surface area (Å²) in [6, 6.07) is 0. The van der Waals surface area contributed by atoms with E-state index in [2.05, 4.69) is 0 Å². The van der Waals surface area contributed by atoms with Gasteiger partial charge in [-0.25, -0.2) is 9.18 Å². The topological polar surface area (TPSA) is 17.1 Å². The number of alkyl halides is 14. The minimum absolute atomic E-state index is 0.358. The molecule has 0 spiro atoms. The van der Waals surface area contributed by atoms with Crippen molar-refractivity contribution in [3.63, 3.8) is 0 Å². The molecule has 0 aliphatic rings. The molecule has 0 aromatic heterocycles. The Kier molecular flexibility index (Phi) is 6.18. The highest BCUT2D eigenvalue weighted by molar-refractivity contribution is 5.52. The van der Waals surface area contributed by atoms with Crippen LogP contribution in [-0.2, 0) is 4.79 Å². The van der Waals surface area contributed by atoms with Crippen molar-refractivity contribution >= 4 is 5.94 Å². The summed E-state index contributed by atoms with van der Waals surface area (Å²) in [6.45, 7) is 0.358. The van der Waals surface area contributed by atoms with Crippen LogP contribution in [0.1, 0.15) is 13.3 Å². The Morgan fingerprint density at radius 1 is 0.731 bits per heavy atom.